The number of nitrogens with zero attached hydrogens (tertiary/aromatic N) is 1. The summed E-state index contributed by atoms with van der Waals surface area (Å²) in [5.41, 5.74) is 0.357. The molecule has 0 fully saturated rings. The quantitative estimate of drug-likeness (QED) is 0.754. The molecule has 1 heterocycles. The van der Waals surface area contributed by atoms with Crippen molar-refractivity contribution in [3.8, 4) is 0 Å². The highest BCUT2D eigenvalue weighted by Crippen LogP contribution is 2.20. The Labute approximate surface area is 87.7 Å². The van der Waals surface area contributed by atoms with Crippen LogP contribution in [-0.2, 0) is 14.8 Å². The molecule has 0 aliphatic heterocycles. The van der Waals surface area contributed by atoms with E-state index in [1.807, 2.05) is 13.8 Å². The van der Waals surface area contributed by atoms with Crippen LogP contribution in [0.25, 0.3) is 0 Å². The molecule has 80 valence electrons. The Morgan fingerprint density at radius 2 is 2.29 bits per heavy atom. The minimum Gasteiger partial charge on any atom is -0.361 e. The molecule has 0 aromatic carbocycles. The van der Waals surface area contributed by atoms with E-state index in [4.69, 9.17) is 15.2 Å². The maximum Gasteiger partial charge on any atom is 0.238 e. The van der Waals surface area contributed by atoms with Gasteiger partial charge < -0.3 is 4.52 Å². The monoisotopic (exact) mass is 237 g/mol. The van der Waals surface area contributed by atoms with Gasteiger partial charge >= 0.3 is 0 Å². The maximum atomic E-state index is 10.7. The van der Waals surface area contributed by atoms with Gasteiger partial charge in [0.2, 0.25) is 9.05 Å². The molecule has 4 nitrogen and oxygen atoms in total. The molecule has 0 saturated heterocycles. The molecular weight excluding hydrogens is 226 g/mol. The van der Waals surface area contributed by atoms with Crippen molar-refractivity contribution in [2.24, 2.45) is 0 Å². The van der Waals surface area contributed by atoms with Crippen molar-refractivity contribution in [1.29, 1.82) is 0 Å². The van der Waals surface area contributed by atoms with Gasteiger partial charge in [0.1, 0.15) is 17.2 Å². The summed E-state index contributed by atoms with van der Waals surface area (Å²) in [6.45, 7) is 4.00. The second-order valence-electron chi connectivity index (χ2n) is 3.21. The fourth-order valence-electron chi connectivity index (χ4n) is 1.01. The van der Waals surface area contributed by atoms with Crippen molar-refractivity contribution in [3.63, 3.8) is 0 Å². The molecule has 0 spiro atoms. The van der Waals surface area contributed by atoms with Gasteiger partial charge in [0.05, 0.1) is 0 Å². The Morgan fingerprint density at radius 3 is 2.79 bits per heavy atom. The molecule has 0 amide bonds. The topological polar surface area (TPSA) is 60.2 Å². The van der Waals surface area contributed by atoms with E-state index in [9.17, 15) is 8.42 Å². The number of halogens is 1. The van der Waals surface area contributed by atoms with Crippen LogP contribution in [0.2, 0.25) is 0 Å². The third-order valence-corrected chi connectivity index (χ3v) is 2.96. The summed E-state index contributed by atoms with van der Waals surface area (Å²) in [5, 5.41) is 3.63. The Bertz CT molecular complexity index is 398. The first-order valence-electron chi connectivity index (χ1n) is 4.30. The first-order chi connectivity index (χ1) is 6.42. The van der Waals surface area contributed by atoms with Gasteiger partial charge in [-0.1, -0.05) is 19.0 Å². The molecule has 0 bridgehead atoms. The van der Waals surface area contributed by atoms with Crippen molar-refractivity contribution < 1.29 is 12.9 Å². The zero-order chi connectivity index (χ0) is 10.8. The van der Waals surface area contributed by atoms with Crippen molar-refractivity contribution in [3.05, 3.63) is 17.5 Å². The molecular formula is C8H12ClNO3S. The van der Waals surface area contributed by atoms with E-state index in [1.165, 1.54) is 0 Å². The Kier molecular flexibility index (Phi) is 3.55. The lowest BCUT2D eigenvalue weighted by atomic mass is 10.1. The standard InChI is InChI=1S/C8H12ClNO3S/c1-3-6(2)8-4-7(10-13-8)5-14(9,11)12/h4,6H,3,5H2,1-2H3. The molecule has 1 aromatic heterocycles. The fourth-order valence-corrected chi connectivity index (χ4v) is 1.83. The fraction of sp³-hybridized carbons (Fsp3) is 0.625. The van der Waals surface area contributed by atoms with Crippen LogP contribution < -0.4 is 0 Å². The summed E-state index contributed by atoms with van der Waals surface area (Å²) in [7, 11) is 1.53. The lowest BCUT2D eigenvalue weighted by molar-refractivity contribution is 0.359. The minimum atomic E-state index is -3.55. The van der Waals surface area contributed by atoms with E-state index in [-0.39, 0.29) is 11.7 Å². The van der Waals surface area contributed by atoms with Crippen LogP contribution in [0.4, 0.5) is 0 Å². The highest BCUT2D eigenvalue weighted by atomic mass is 35.7. The molecule has 1 unspecified atom stereocenters. The number of hydrogen-bond donors (Lipinski definition) is 0. The molecule has 1 atom stereocenters. The summed E-state index contributed by atoms with van der Waals surface area (Å²) in [4.78, 5) is 0. The average molecular weight is 238 g/mol. The Morgan fingerprint density at radius 1 is 1.64 bits per heavy atom. The number of rotatable bonds is 4. The van der Waals surface area contributed by atoms with Gasteiger partial charge in [0, 0.05) is 22.7 Å². The van der Waals surface area contributed by atoms with Gasteiger partial charge in [-0.05, 0) is 6.42 Å². The van der Waals surface area contributed by atoms with E-state index in [2.05, 4.69) is 5.16 Å². The third-order valence-electron chi connectivity index (χ3n) is 2.00. The van der Waals surface area contributed by atoms with Crippen LogP contribution in [0.1, 0.15) is 37.6 Å². The lowest BCUT2D eigenvalue weighted by Gasteiger charge is -1.99. The van der Waals surface area contributed by atoms with E-state index in [0.29, 0.717) is 11.5 Å². The highest BCUT2D eigenvalue weighted by molar-refractivity contribution is 8.13. The molecule has 0 radical (unpaired) electrons. The van der Waals surface area contributed by atoms with Crippen LogP contribution in [0.3, 0.4) is 0 Å². The summed E-state index contributed by atoms with van der Waals surface area (Å²) < 4.78 is 26.5. The van der Waals surface area contributed by atoms with Crippen molar-refractivity contribution in [2.45, 2.75) is 31.9 Å². The summed E-state index contributed by atoms with van der Waals surface area (Å²) >= 11 is 0. The van der Waals surface area contributed by atoms with Crippen LogP contribution >= 0.6 is 10.7 Å². The van der Waals surface area contributed by atoms with E-state index in [1.54, 1.807) is 6.07 Å². The molecule has 0 aliphatic carbocycles. The van der Waals surface area contributed by atoms with Gasteiger partial charge in [-0.3, -0.25) is 0 Å². The first-order valence-corrected chi connectivity index (χ1v) is 6.78. The molecule has 1 aromatic rings. The summed E-state index contributed by atoms with van der Waals surface area (Å²) in [5.74, 6) is 0.659. The van der Waals surface area contributed by atoms with E-state index < -0.39 is 9.05 Å². The van der Waals surface area contributed by atoms with E-state index >= 15 is 0 Å². The lowest BCUT2D eigenvalue weighted by Crippen LogP contribution is -1.94. The van der Waals surface area contributed by atoms with Crippen molar-refractivity contribution >= 4 is 19.7 Å². The van der Waals surface area contributed by atoms with Gasteiger partial charge in [-0.25, -0.2) is 8.42 Å². The second kappa shape index (κ2) is 4.31. The Balaban J connectivity index is 2.79. The molecule has 0 saturated carbocycles. The molecule has 0 aliphatic rings. The van der Waals surface area contributed by atoms with Gasteiger partial charge in [-0.15, -0.1) is 0 Å². The molecule has 0 N–H and O–H groups in total. The van der Waals surface area contributed by atoms with E-state index in [0.717, 1.165) is 6.42 Å². The molecule has 6 heteroatoms. The normalized spacial score (nSPS) is 14.2. The molecule has 1 rings (SSSR count). The zero-order valence-corrected chi connectivity index (χ0v) is 9.60. The van der Waals surface area contributed by atoms with Crippen molar-refractivity contribution in [1.82, 2.24) is 5.16 Å². The summed E-state index contributed by atoms with van der Waals surface area (Å²) in [6, 6.07) is 1.63. The first kappa shape index (κ1) is 11.5. The van der Waals surface area contributed by atoms with Crippen LogP contribution in [0, 0.1) is 0 Å². The number of hydrogen-bond acceptors (Lipinski definition) is 4. The van der Waals surface area contributed by atoms with Crippen molar-refractivity contribution in [2.75, 3.05) is 0 Å². The predicted octanol–water partition coefficient (Wildman–Crippen LogP) is 2.26. The van der Waals surface area contributed by atoms with Crippen LogP contribution in [0.5, 0.6) is 0 Å². The second-order valence-corrected chi connectivity index (χ2v) is 5.99. The predicted molar refractivity (Wildman–Crippen MR) is 53.7 cm³/mol. The van der Waals surface area contributed by atoms with Gasteiger partial charge in [0.25, 0.3) is 0 Å². The largest absolute Gasteiger partial charge is 0.361 e. The summed E-state index contributed by atoms with van der Waals surface area (Å²) in [6.07, 6.45) is 0.919. The Hall–Kier alpha value is -0.550. The van der Waals surface area contributed by atoms with Gasteiger partial charge in [0.15, 0.2) is 0 Å². The average Bonchev–Trinajstić information content (AvgIpc) is 2.48. The maximum absolute atomic E-state index is 10.7. The highest BCUT2D eigenvalue weighted by Gasteiger charge is 2.14. The van der Waals surface area contributed by atoms with Crippen LogP contribution in [0.15, 0.2) is 10.6 Å². The zero-order valence-electron chi connectivity index (χ0n) is 8.03. The van der Waals surface area contributed by atoms with Crippen LogP contribution in [-0.4, -0.2) is 13.6 Å². The SMILES string of the molecule is CCC(C)c1cc(CS(=O)(=O)Cl)no1. The smallest absolute Gasteiger partial charge is 0.238 e. The van der Waals surface area contributed by atoms with Gasteiger partial charge in [-0.2, -0.15) is 0 Å². The minimum absolute atomic E-state index is 0.245. The third kappa shape index (κ3) is 3.31. The number of aromatic nitrogens is 1. The molecule has 14 heavy (non-hydrogen) atoms.